The van der Waals surface area contributed by atoms with Crippen molar-refractivity contribution in [2.24, 2.45) is 0 Å². The van der Waals surface area contributed by atoms with Gasteiger partial charge in [-0.3, -0.25) is 9.36 Å². The number of nitriles is 1. The average molecular weight is 304 g/mol. The summed E-state index contributed by atoms with van der Waals surface area (Å²) in [7, 11) is 0. The molecule has 0 bridgehead atoms. The van der Waals surface area contributed by atoms with Crippen molar-refractivity contribution < 1.29 is 0 Å². The van der Waals surface area contributed by atoms with Crippen LogP contribution in [0.3, 0.4) is 0 Å². The number of halogens is 1. The smallest absolute Gasteiger partial charge is 0.268 e. The number of aryl methyl sites for hydroxylation is 1. The highest BCUT2D eigenvalue weighted by atomic mass is 79.9. The first-order valence-corrected chi connectivity index (χ1v) is 6.12. The van der Waals surface area contributed by atoms with Crippen LogP contribution in [0.1, 0.15) is 16.8 Å². The number of nitrogens with zero attached hydrogens (tertiary/aromatic N) is 3. The van der Waals surface area contributed by atoms with Gasteiger partial charge in [-0.15, -0.1) is 0 Å². The summed E-state index contributed by atoms with van der Waals surface area (Å²) in [5.74, 6) is 0. The van der Waals surface area contributed by atoms with E-state index in [9.17, 15) is 4.79 Å². The molecule has 0 radical (unpaired) electrons. The molecule has 4 nitrogen and oxygen atoms in total. The normalized spacial score (nSPS) is 10.1. The van der Waals surface area contributed by atoms with Crippen LogP contribution < -0.4 is 5.56 Å². The Labute approximate surface area is 113 Å². The molecular formula is C13H10BrN3O. The first-order valence-electron chi connectivity index (χ1n) is 5.33. The Morgan fingerprint density at radius 3 is 2.89 bits per heavy atom. The van der Waals surface area contributed by atoms with Gasteiger partial charge in [0.1, 0.15) is 4.47 Å². The van der Waals surface area contributed by atoms with E-state index in [0.29, 0.717) is 22.3 Å². The van der Waals surface area contributed by atoms with Crippen molar-refractivity contribution in [2.45, 2.75) is 13.5 Å². The van der Waals surface area contributed by atoms with Crippen LogP contribution in [0.4, 0.5) is 0 Å². The lowest BCUT2D eigenvalue weighted by Gasteiger charge is -2.08. The van der Waals surface area contributed by atoms with Gasteiger partial charge in [0.15, 0.2) is 0 Å². The third-order valence-electron chi connectivity index (χ3n) is 2.64. The van der Waals surface area contributed by atoms with Gasteiger partial charge in [0, 0.05) is 0 Å². The SMILES string of the molecule is Cc1ncn(Cc2ccccc2C#N)c(=O)c1Br. The number of hydrogen-bond donors (Lipinski definition) is 0. The molecule has 0 aliphatic rings. The number of hydrogen-bond acceptors (Lipinski definition) is 3. The zero-order valence-corrected chi connectivity index (χ0v) is 11.3. The van der Waals surface area contributed by atoms with Gasteiger partial charge in [-0.05, 0) is 34.5 Å². The minimum absolute atomic E-state index is 0.143. The van der Waals surface area contributed by atoms with E-state index in [1.807, 2.05) is 12.1 Å². The van der Waals surface area contributed by atoms with Crippen molar-refractivity contribution >= 4 is 15.9 Å². The highest BCUT2D eigenvalue weighted by Gasteiger charge is 2.07. The van der Waals surface area contributed by atoms with Crippen LogP contribution in [0.15, 0.2) is 39.9 Å². The topological polar surface area (TPSA) is 58.7 Å². The van der Waals surface area contributed by atoms with Crippen LogP contribution in [-0.2, 0) is 6.54 Å². The molecule has 18 heavy (non-hydrogen) atoms. The second kappa shape index (κ2) is 5.15. The number of aromatic nitrogens is 2. The van der Waals surface area contributed by atoms with Crippen LogP contribution in [0, 0.1) is 18.3 Å². The Morgan fingerprint density at radius 2 is 2.17 bits per heavy atom. The Kier molecular flexibility index (Phi) is 3.58. The molecule has 1 aromatic carbocycles. The van der Waals surface area contributed by atoms with Crippen LogP contribution >= 0.6 is 15.9 Å². The lowest BCUT2D eigenvalue weighted by atomic mass is 10.1. The van der Waals surface area contributed by atoms with Crippen molar-refractivity contribution in [3.63, 3.8) is 0 Å². The third kappa shape index (κ3) is 2.34. The molecule has 5 heteroatoms. The Balaban J connectivity index is 2.45. The van der Waals surface area contributed by atoms with Gasteiger partial charge in [-0.2, -0.15) is 5.26 Å². The number of rotatable bonds is 2. The molecule has 0 aliphatic carbocycles. The maximum Gasteiger partial charge on any atom is 0.268 e. The van der Waals surface area contributed by atoms with Gasteiger partial charge < -0.3 is 0 Å². The molecule has 1 aromatic heterocycles. The monoisotopic (exact) mass is 303 g/mol. The summed E-state index contributed by atoms with van der Waals surface area (Å²) in [6.07, 6.45) is 1.50. The van der Waals surface area contributed by atoms with Crippen LogP contribution in [-0.4, -0.2) is 9.55 Å². The predicted octanol–water partition coefficient (Wildman–Crippen LogP) is 2.23. The van der Waals surface area contributed by atoms with Gasteiger partial charge in [-0.25, -0.2) is 4.98 Å². The fourth-order valence-corrected chi connectivity index (χ4v) is 1.94. The lowest BCUT2D eigenvalue weighted by Crippen LogP contribution is -2.23. The summed E-state index contributed by atoms with van der Waals surface area (Å²) in [5.41, 5.74) is 1.89. The largest absolute Gasteiger partial charge is 0.294 e. The molecule has 0 amide bonds. The van der Waals surface area contributed by atoms with Gasteiger partial charge in [0.2, 0.25) is 0 Å². The fourth-order valence-electron chi connectivity index (χ4n) is 1.61. The lowest BCUT2D eigenvalue weighted by molar-refractivity contribution is 0.723. The average Bonchev–Trinajstić information content (AvgIpc) is 2.40. The predicted molar refractivity (Wildman–Crippen MR) is 71.2 cm³/mol. The van der Waals surface area contributed by atoms with Crippen molar-refractivity contribution in [3.8, 4) is 6.07 Å². The molecule has 0 fully saturated rings. The van der Waals surface area contributed by atoms with Gasteiger partial charge in [0.25, 0.3) is 5.56 Å². The minimum Gasteiger partial charge on any atom is -0.294 e. The van der Waals surface area contributed by atoms with E-state index in [-0.39, 0.29) is 5.56 Å². The molecule has 90 valence electrons. The highest BCUT2D eigenvalue weighted by Crippen LogP contribution is 2.10. The second-order valence-electron chi connectivity index (χ2n) is 3.85. The summed E-state index contributed by atoms with van der Waals surface area (Å²) in [6.45, 7) is 2.10. The molecular weight excluding hydrogens is 294 g/mol. The molecule has 0 saturated carbocycles. The van der Waals surface area contributed by atoms with E-state index in [4.69, 9.17) is 5.26 Å². The summed E-state index contributed by atoms with van der Waals surface area (Å²) in [6, 6.07) is 9.32. The van der Waals surface area contributed by atoms with E-state index in [1.165, 1.54) is 10.9 Å². The maximum absolute atomic E-state index is 12.0. The standard InChI is InChI=1S/C13H10BrN3O/c1-9-12(14)13(18)17(8-16-9)7-11-5-3-2-4-10(11)6-15/h2-5,8H,7H2,1H3. The van der Waals surface area contributed by atoms with E-state index < -0.39 is 0 Å². The Hall–Kier alpha value is -1.93. The summed E-state index contributed by atoms with van der Waals surface area (Å²) >= 11 is 3.22. The molecule has 0 N–H and O–H groups in total. The van der Waals surface area contributed by atoms with E-state index in [0.717, 1.165) is 5.56 Å². The first kappa shape index (κ1) is 12.5. The van der Waals surface area contributed by atoms with Gasteiger partial charge >= 0.3 is 0 Å². The summed E-state index contributed by atoms with van der Waals surface area (Å²) < 4.78 is 1.94. The van der Waals surface area contributed by atoms with Crippen LogP contribution in [0.25, 0.3) is 0 Å². The van der Waals surface area contributed by atoms with Crippen molar-refractivity contribution in [2.75, 3.05) is 0 Å². The van der Waals surface area contributed by atoms with Crippen LogP contribution in [0.5, 0.6) is 0 Å². The van der Waals surface area contributed by atoms with E-state index >= 15 is 0 Å². The summed E-state index contributed by atoms with van der Waals surface area (Å²) in [5, 5.41) is 9.00. The molecule has 0 aliphatic heterocycles. The van der Waals surface area contributed by atoms with Gasteiger partial charge in [-0.1, -0.05) is 18.2 Å². The van der Waals surface area contributed by atoms with Crippen molar-refractivity contribution in [3.05, 3.63) is 62.2 Å². The molecule has 1 heterocycles. The zero-order chi connectivity index (χ0) is 13.1. The van der Waals surface area contributed by atoms with Crippen molar-refractivity contribution in [1.29, 1.82) is 5.26 Å². The maximum atomic E-state index is 12.0. The molecule has 0 spiro atoms. The quantitative estimate of drug-likeness (QED) is 0.855. The van der Waals surface area contributed by atoms with Crippen molar-refractivity contribution in [1.82, 2.24) is 9.55 Å². The van der Waals surface area contributed by atoms with E-state index in [1.54, 1.807) is 19.1 Å². The van der Waals surface area contributed by atoms with Crippen LogP contribution in [0.2, 0.25) is 0 Å². The molecule has 0 unspecified atom stereocenters. The zero-order valence-electron chi connectivity index (χ0n) is 9.72. The van der Waals surface area contributed by atoms with Gasteiger partial charge in [0.05, 0.1) is 30.2 Å². The van der Waals surface area contributed by atoms with E-state index in [2.05, 4.69) is 27.0 Å². The number of benzene rings is 1. The molecule has 2 aromatic rings. The summed E-state index contributed by atoms with van der Waals surface area (Å²) in [4.78, 5) is 16.1. The Morgan fingerprint density at radius 1 is 1.44 bits per heavy atom. The molecule has 2 rings (SSSR count). The molecule has 0 atom stereocenters. The highest BCUT2D eigenvalue weighted by molar-refractivity contribution is 9.10. The molecule has 0 saturated heterocycles. The fraction of sp³-hybridized carbons (Fsp3) is 0.154. The minimum atomic E-state index is -0.143. The second-order valence-corrected chi connectivity index (χ2v) is 4.64. The Bertz CT molecular complexity index is 685. The first-order chi connectivity index (χ1) is 8.63. The third-order valence-corrected chi connectivity index (χ3v) is 3.55.